The van der Waals surface area contributed by atoms with Crippen molar-refractivity contribution < 1.29 is 33.6 Å². The van der Waals surface area contributed by atoms with E-state index in [0.29, 0.717) is 11.1 Å². The molecule has 0 aromatic rings. The third-order valence-electron chi connectivity index (χ3n) is 7.83. The van der Waals surface area contributed by atoms with Crippen molar-refractivity contribution in [3.05, 3.63) is 46.6 Å². The van der Waals surface area contributed by atoms with Crippen LogP contribution in [-0.4, -0.2) is 53.4 Å². The zero-order valence-corrected chi connectivity index (χ0v) is 24.7. The predicted molar refractivity (Wildman–Crippen MR) is 148 cm³/mol. The molecule has 0 aromatic heterocycles. The van der Waals surface area contributed by atoms with Gasteiger partial charge in [-0.15, -0.1) is 0 Å². The SMILES string of the molecule is CC=C(C)C(=O)OC1C(OC(C)(CCC=C(C)C)C2CC=C(C)CC2)OC(C)C(O)C1OC(=O)C(C)=CC. The number of hydrogen-bond acceptors (Lipinski definition) is 7. The van der Waals surface area contributed by atoms with Gasteiger partial charge in [0.2, 0.25) is 0 Å². The number of ether oxygens (including phenoxy) is 4. The van der Waals surface area contributed by atoms with Gasteiger partial charge in [0, 0.05) is 11.1 Å². The van der Waals surface area contributed by atoms with Crippen molar-refractivity contribution in [3.8, 4) is 0 Å². The summed E-state index contributed by atoms with van der Waals surface area (Å²) in [5.41, 5.74) is 2.78. The molecule has 1 N–H and O–H groups in total. The first kappa shape index (κ1) is 32.0. The van der Waals surface area contributed by atoms with Crippen LogP contribution in [0.4, 0.5) is 0 Å². The summed E-state index contributed by atoms with van der Waals surface area (Å²) in [6, 6.07) is 0. The minimum atomic E-state index is -1.20. The van der Waals surface area contributed by atoms with Gasteiger partial charge in [-0.25, -0.2) is 9.59 Å². The average molecular weight is 533 g/mol. The molecule has 0 spiro atoms. The van der Waals surface area contributed by atoms with E-state index in [1.54, 1.807) is 46.8 Å². The van der Waals surface area contributed by atoms with Crippen molar-refractivity contribution in [1.29, 1.82) is 0 Å². The summed E-state index contributed by atoms with van der Waals surface area (Å²) < 4.78 is 24.5. The maximum atomic E-state index is 12.9. The highest BCUT2D eigenvalue weighted by Crippen LogP contribution is 2.41. The zero-order valence-electron chi connectivity index (χ0n) is 24.7. The van der Waals surface area contributed by atoms with Crippen molar-refractivity contribution in [2.24, 2.45) is 5.92 Å². The molecule has 1 saturated heterocycles. The highest BCUT2D eigenvalue weighted by Gasteiger charge is 2.52. The molecular formula is C31H48O7. The van der Waals surface area contributed by atoms with Gasteiger partial charge < -0.3 is 24.1 Å². The van der Waals surface area contributed by atoms with E-state index in [4.69, 9.17) is 18.9 Å². The van der Waals surface area contributed by atoms with Gasteiger partial charge in [-0.2, -0.15) is 0 Å². The Morgan fingerprint density at radius 1 is 1.08 bits per heavy atom. The van der Waals surface area contributed by atoms with Crippen LogP contribution in [0.5, 0.6) is 0 Å². The third kappa shape index (κ3) is 8.39. The Morgan fingerprint density at radius 3 is 2.16 bits per heavy atom. The summed E-state index contributed by atoms with van der Waals surface area (Å²) in [6.07, 6.45) is 6.89. The first-order valence-electron chi connectivity index (χ1n) is 13.8. The highest BCUT2D eigenvalue weighted by molar-refractivity contribution is 5.88. The van der Waals surface area contributed by atoms with E-state index in [1.165, 1.54) is 11.1 Å². The van der Waals surface area contributed by atoms with Gasteiger partial charge in [0.05, 0.1) is 11.7 Å². The average Bonchev–Trinajstić information content (AvgIpc) is 2.87. The summed E-state index contributed by atoms with van der Waals surface area (Å²) in [7, 11) is 0. The van der Waals surface area contributed by atoms with Crippen LogP contribution in [0.1, 0.15) is 94.4 Å². The molecule has 214 valence electrons. The van der Waals surface area contributed by atoms with Crippen LogP contribution < -0.4 is 0 Å². The summed E-state index contributed by atoms with van der Waals surface area (Å²) in [5.74, 6) is -0.947. The lowest BCUT2D eigenvalue weighted by Crippen LogP contribution is -2.62. The lowest BCUT2D eigenvalue weighted by atomic mass is 9.76. The monoisotopic (exact) mass is 532 g/mol. The molecule has 0 saturated carbocycles. The predicted octanol–water partition coefficient (Wildman–Crippen LogP) is 6.12. The standard InChI is InChI=1S/C31H48O7/c1-10-21(6)28(33)36-26-25(32)23(8)35-30(27(26)37-29(34)22(7)11-2)38-31(9,18-12-13-19(3)4)24-16-14-20(5)15-17-24/h10-11,13-14,23-27,30,32H,12,15-18H2,1-9H3. The number of rotatable bonds is 10. The maximum absolute atomic E-state index is 12.9. The second-order valence-corrected chi connectivity index (χ2v) is 11.2. The van der Waals surface area contributed by atoms with Gasteiger partial charge in [0.15, 0.2) is 18.5 Å². The lowest BCUT2D eigenvalue weighted by molar-refractivity contribution is -0.328. The smallest absolute Gasteiger partial charge is 0.333 e. The Balaban J connectivity index is 2.47. The molecule has 7 unspecified atom stereocenters. The van der Waals surface area contributed by atoms with Gasteiger partial charge in [-0.3, -0.25) is 0 Å². The zero-order chi connectivity index (χ0) is 28.6. The quantitative estimate of drug-likeness (QED) is 0.206. The van der Waals surface area contributed by atoms with Gasteiger partial charge in [0.1, 0.15) is 6.10 Å². The number of aliphatic hydroxyl groups excluding tert-OH is 1. The van der Waals surface area contributed by atoms with Gasteiger partial charge >= 0.3 is 11.9 Å². The molecule has 38 heavy (non-hydrogen) atoms. The molecule has 1 heterocycles. The van der Waals surface area contributed by atoms with Crippen LogP contribution in [0.2, 0.25) is 0 Å². The minimum Gasteiger partial charge on any atom is -0.452 e. The number of esters is 2. The topological polar surface area (TPSA) is 91.3 Å². The van der Waals surface area contributed by atoms with E-state index in [2.05, 4.69) is 39.8 Å². The molecule has 2 aliphatic rings. The second-order valence-electron chi connectivity index (χ2n) is 11.2. The fraction of sp³-hybridized carbons (Fsp3) is 0.677. The first-order valence-corrected chi connectivity index (χ1v) is 13.8. The molecule has 7 nitrogen and oxygen atoms in total. The fourth-order valence-electron chi connectivity index (χ4n) is 4.80. The fourth-order valence-corrected chi connectivity index (χ4v) is 4.80. The molecule has 0 radical (unpaired) electrons. The van der Waals surface area contributed by atoms with E-state index < -0.39 is 48.2 Å². The Bertz CT molecular complexity index is 955. The number of carbonyl (C=O) groups excluding carboxylic acids is 2. The molecule has 0 amide bonds. The Hall–Kier alpha value is -2.22. The van der Waals surface area contributed by atoms with Gasteiger partial charge in [-0.05, 0) is 100 Å². The third-order valence-corrected chi connectivity index (χ3v) is 7.83. The van der Waals surface area contributed by atoms with Crippen LogP contribution >= 0.6 is 0 Å². The normalized spacial score (nSPS) is 30.1. The Kier molecular flexibility index (Phi) is 12.0. The molecular weight excluding hydrogens is 484 g/mol. The van der Waals surface area contributed by atoms with Crippen molar-refractivity contribution in [1.82, 2.24) is 0 Å². The number of hydrogen-bond donors (Lipinski definition) is 1. The largest absolute Gasteiger partial charge is 0.452 e. The molecule has 0 aromatic carbocycles. The van der Waals surface area contributed by atoms with Crippen LogP contribution in [0.3, 0.4) is 0 Å². The summed E-state index contributed by atoms with van der Waals surface area (Å²) in [5, 5.41) is 11.0. The van der Waals surface area contributed by atoms with Crippen molar-refractivity contribution >= 4 is 11.9 Å². The van der Waals surface area contributed by atoms with E-state index in [1.807, 2.05) is 0 Å². The Labute approximate surface area is 228 Å². The van der Waals surface area contributed by atoms with Gasteiger partial charge in [0.25, 0.3) is 0 Å². The Morgan fingerprint density at radius 2 is 1.66 bits per heavy atom. The van der Waals surface area contributed by atoms with Crippen LogP contribution in [0.15, 0.2) is 46.6 Å². The van der Waals surface area contributed by atoms with E-state index in [0.717, 1.165) is 32.1 Å². The lowest BCUT2D eigenvalue weighted by Gasteiger charge is -2.47. The molecule has 7 atom stereocenters. The summed E-state index contributed by atoms with van der Waals surface area (Å²) >= 11 is 0. The van der Waals surface area contributed by atoms with Crippen molar-refractivity contribution in [2.45, 2.75) is 131 Å². The minimum absolute atomic E-state index is 0.224. The maximum Gasteiger partial charge on any atom is 0.333 e. The molecule has 1 aliphatic carbocycles. The molecule has 1 fully saturated rings. The first-order chi connectivity index (χ1) is 17.8. The summed E-state index contributed by atoms with van der Waals surface area (Å²) in [6.45, 7) is 16.8. The van der Waals surface area contributed by atoms with Gasteiger partial charge in [-0.1, -0.05) is 35.5 Å². The highest BCUT2D eigenvalue weighted by atomic mass is 16.7. The molecule has 1 aliphatic heterocycles. The second kappa shape index (κ2) is 14.2. The van der Waals surface area contributed by atoms with Crippen LogP contribution in [0.25, 0.3) is 0 Å². The van der Waals surface area contributed by atoms with Crippen molar-refractivity contribution in [3.63, 3.8) is 0 Å². The molecule has 0 bridgehead atoms. The number of carbonyl (C=O) groups is 2. The van der Waals surface area contributed by atoms with E-state index in [9.17, 15) is 14.7 Å². The van der Waals surface area contributed by atoms with Crippen LogP contribution in [0, 0.1) is 5.92 Å². The molecule has 2 rings (SSSR count). The number of aliphatic hydroxyl groups is 1. The molecule has 7 heteroatoms. The van der Waals surface area contributed by atoms with E-state index >= 15 is 0 Å². The number of allylic oxidation sites excluding steroid dienone is 6. The van der Waals surface area contributed by atoms with Crippen LogP contribution in [-0.2, 0) is 28.5 Å². The van der Waals surface area contributed by atoms with Crippen molar-refractivity contribution in [2.75, 3.05) is 0 Å². The van der Waals surface area contributed by atoms with E-state index in [-0.39, 0.29) is 5.92 Å². The summed E-state index contributed by atoms with van der Waals surface area (Å²) in [4.78, 5) is 25.6.